The number of hydrogen-bond acceptors (Lipinski definition) is 4. The number of aryl methyl sites for hydroxylation is 2. The average molecular weight is 289 g/mol. The SMILES string of the molecule is Cc1nn(C)c(C)c1S(=O)(=O)NCCCOC(C)C. The summed E-state index contributed by atoms with van der Waals surface area (Å²) in [6, 6.07) is 0. The Balaban J connectivity index is 2.62. The number of sulfonamides is 1. The predicted molar refractivity (Wildman–Crippen MR) is 73.6 cm³/mol. The van der Waals surface area contributed by atoms with E-state index in [0.29, 0.717) is 31.0 Å². The van der Waals surface area contributed by atoms with Crippen LogP contribution in [0, 0.1) is 13.8 Å². The summed E-state index contributed by atoms with van der Waals surface area (Å²) >= 11 is 0. The van der Waals surface area contributed by atoms with Crippen LogP contribution in [0.1, 0.15) is 31.7 Å². The Bertz CT molecular complexity index is 521. The minimum atomic E-state index is -3.49. The van der Waals surface area contributed by atoms with Crippen molar-refractivity contribution >= 4 is 10.0 Å². The Labute approximate surface area is 115 Å². The molecule has 110 valence electrons. The molecule has 19 heavy (non-hydrogen) atoms. The minimum Gasteiger partial charge on any atom is -0.379 e. The maximum Gasteiger partial charge on any atom is 0.244 e. The van der Waals surface area contributed by atoms with E-state index in [1.54, 1.807) is 25.6 Å². The zero-order valence-corrected chi connectivity index (χ0v) is 13.0. The van der Waals surface area contributed by atoms with Crippen LogP contribution in [0.5, 0.6) is 0 Å². The molecule has 0 atom stereocenters. The molecule has 1 rings (SSSR count). The molecular formula is C12H23N3O3S. The third-order valence-corrected chi connectivity index (χ3v) is 4.49. The monoisotopic (exact) mass is 289 g/mol. The van der Waals surface area contributed by atoms with Gasteiger partial charge < -0.3 is 4.74 Å². The van der Waals surface area contributed by atoms with Crippen molar-refractivity contribution in [3.63, 3.8) is 0 Å². The molecule has 1 heterocycles. The van der Waals surface area contributed by atoms with Crippen molar-refractivity contribution in [2.75, 3.05) is 13.2 Å². The summed E-state index contributed by atoms with van der Waals surface area (Å²) in [5, 5.41) is 4.12. The molecule has 0 radical (unpaired) electrons. The first kappa shape index (κ1) is 16.1. The first-order chi connectivity index (χ1) is 8.75. The van der Waals surface area contributed by atoms with Gasteiger partial charge in [0.25, 0.3) is 0 Å². The third kappa shape index (κ3) is 4.29. The van der Waals surface area contributed by atoms with Crippen molar-refractivity contribution in [3.8, 4) is 0 Å². The van der Waals surface area contributed by atoms with Crippen LogP contribution in [0.25, 0.3) is 0 Å². The molecule has 0 spiro atoms. The van der Waals surface area contributed by atoms with E-state index in [2.05, 4.69) is 9.82 Å². The molecule has 0 saturated heterocycles. The topological polar surface area (TPSA) is 73.2 Å². The lowest BCUT2D eigenvalue weighted by Gasteiger charge is -2.09. The van der Waals surface area contributed by atoms with E-state index in [4.69, 9.17) is 4.74 Å². The largest absolute Gasteiger partial charge is 0.379 e. The fourth-order valence-corrected chi connectivity index (χ4v) is 3.32. The number of rotatable bonds is 7. The summed E-state index contributed by atoms with van der Waals surface area (Å²) < 4.78 is 33.9. The highest BCUT2D eigenvalue weighted by atomic mass is 32.2. The zero-order valence-electron chi connectivity index (χ0n) is 12.2. The number of nitrogens with one attached hydrogen (secondary N) is 1. The summed E-state index contributed by atoms with van der Waals surface area (Å²) in [5.41, 5.74) is 1.16. The third-order valence-electron chi connectivity index (χ3n) is 2.78. The second-order valence-corrected chi connectivity index (χ2v) is 6.50. The van der Waals surface area contributed by atoms with Gasteiger partial charge in [0.15, 0.2) is 0 Å². The second kappa shape index (κ2) is 6.49. The molecule has 1 N–H and O–H groups in total. The molecule has 1 aromatic rings. The minimum absolute atomic E-state index is 0.166. The number of aromatic nitrogens is 2. The van der Waals surface area contributed by atoms with Gasteiger partial charge in [-0.05, 0) is 34.1 Å². The lowest BCUT2D eigenvalue weighted by atomic mass is 10.4. The van der Waals surface area contributed by atoms with Crippen LogP contribution in [-0.2, 0) is 21.8 Å². The van der Waals surface area contributed by atoms with Gasteiger partial charge >= 0.3 is 0 Å². The quantitative estimate of drug-likeness (QED) is 0.764. The van der Waals surface area contributed by atoms with Gasteiger partial charge in [-0.1, -0.05) is 0 Å². The van der Waals surface area contributed by atoms with Crippen molar-refractivity contribution in [1.82, 2.24) is 14.5 Å². The Morgan fingerprint density at radius 3 is 2.47 bits per heavy atom. The first-order valence-corrected chi connectivity index (χ1v) is 7.85. The van der Waals surface area contributed by atoms with Gasteiger partial charge in [0.2, 0.25) is 10.0 Å². The molecule has 0 bridgehead atoms. The molecule has 7 heteroatoms. The zero-order chi connectivity index (χ0) is 14.6. The second-order valence-electron chi connectivity index (χ2n) is 4.79. The standard InChI is InChI=1S/C12H23N3O3S/c1-9(2)18-8-6-7-13-19(16,17)12-10(3)14-15(5)11(12)4/h9,13H,6-8H2,1-5H3. The fourth-order valence-electron chi connectivity index (χ4n) is 1.81. The van der Waals surface area contributed by atoms with Crippen LogP contribution < -0.4 is 4.72 Å². The maximum atomic E-state index is 12.2. The maximum absolute atomic E-state index is 12.2. The Hall–Kier alpha value is -0.920. The van der Waals surface area contributed by atoms with Crippen LogP contribution in [0.2, 0.25) is 0 Å². The van der Waals surface area contributed by atoms with Crippen LogP contribution in [0.4, 0.5) is 0 Å². The van der Waals surface area contributed by atoms with E-state index in [1.165, 1.54) is 0 Å². The van der Waals surface area contributed by atoms with Crippen molar-refractivity contribution in [2.24, 2.45) is 7.05 Å². The summed E-state index contributed by atoms with van der Waals surface area (Å²) in [7, 11) is -1.76. The Morgan fingerprint density at radius 1 is 1.37 bits per heavy atom. The smallest absolute Gasteiger partial charge is 0.244 e. The van der Waals surface area contributed by atoms with Gasteiger partial charge in [-0.25, -0.2) is 13.1 Å². The number of hydrogen-bond donors (Lipinski definition) is 1. The van der Waals surface area contributed by atoms with Crippen LogP contribution in [0.15, 0.2) is 4.90 Å². The summed E-state index contributed by atoms with van der Waals surface area (Å²) in [6.45, 7) is 8.26. The van der Waals surface area contributed by atoms with E-state index in [0.717, 1.165) is 0 Å². The van der Waals surface area contributed by atoms with Gasteiger partial charge in [-0.2, -0.15) is 5.10 Å². The molecule has 0 unspecified atom stereocenters. The van der Waals surface area contributed by atoms with Crippen molar-refractivity contribution in [1.29, 1.82) is 0 Å². The number of ether oxygens (including phenoxy) is 1. The lowest BCUT2D eigenvalue weighted by molar-refractivity contribution is 0.0778. The summed E-state index contributed by atoms with van der Waals surface area (Å²) in [6.07, 6.45) is 0.815. The molecule has 0 aliphatic heterocycles. The van der Waals surface area contributed by atoms with Gasteiger partial charge in [0.1, 0.15) is 4.90 Å². The molecule has 0 fully saturated rings. The fraction of sp³-hybridized carbons (Fsp3) is 0.750. The highest BCUT2D eigenvalue weighted by molar-refractivity contribution is 7.89. The van der Waals surface area contributed by atoms with E-state index in [-0.39, 0.29) is 11.0 Å². The molecular weight excluding hydrogens is 266 g/mol. The molecule has 0 aromatic carbocycles. The van der Waals surface area contributed by atoms with E-state index in [1.807, 2.05) is 13.8 Å². The molecule has 0 aliphatic carbocycles. The summed E-state index contributed by atoms with van der Waals surface area (Å²) in [5.74, 6) is 0. The van der Waals surface area contributed by atoms with Gasteiger partial charge in [0, 0.05) is 20.2 Å². The first-order valence-electron chi connectivity index (χ1n) is 6.37. The Morgan fingerprint density at radius 2 is 2.00 bits per heavy atom. The molecule has 6 nitrogen and oxygen atoms in total. The lowest BCUT2D eigenvalue weighted by Crippen LogP contribution is -2.26. The van der Waals surface area contributed by atoms with Crippen LogP contribution in [-0.4, -0.2) is 37.5 Å². The molecule has 0 saturated carbocycles. The highest BCUT2D eigenvalue weighted by Crippen LogP contribution is 2.17. The summed E-state index contributed by atoms with van der Waals surface area (Å²) in [4.78, 5) is 0.278. The van der Waals surface area contributed by atoms with Crippen molar-refractivity contribution in [2.45, 2.75) is 45.1 Å². The normalized spacial score (nSPS) is 12.3. The molecule has 1 aromatic heterocycles. The van der Waals surface area contributed by atoms with Crippen molar-refractivity contribution < 1.29 is 13.2 Å². The molecule has 0 amide bonds. The van der Waals surface area contributed by atoms with Gasteiger partial charge in [-0.3, -0.25) is 4.68 Å². The van der Waals surface area contributed by atoms with E-state index < -0.39 is 10.0 Å². The van der Waals surface area contributed by atoms with Crippen molar-refractivity contribution in [3.05, 3.63) is 11.4 Å². The van der Waals surface area contributed by atoms with E-state index >= 15 is 0 Å². The van der Waals surface area contributed by atoms with Crippen LogP contribution in [0.3, 0.4) is 0 Å². The van der Waals surface area contributed by atoms with E-state index in [9.17, 15) is 8.42 Å². The number of nitrogens with zero attached hydrogens (tertiary/aromatic N) is 2. The van der Waals surface area contributed by atoms with Gasteiger partial charge in [-0.15, -0.1) is 0 Å². The molecule has 0 aliphatic rings. The highest BCUT2D eigenvalue weighted by Gasteiger charge is 2.22. The predicted octanol–water partition coefficient (Wildman–Crippen LogP) is 1.13. The Kier molecular flexibility index (Phi) is 5.51. The average Bonchev–Trinajstić information content (AvgIpc) is 2.52. The van der Waals surface area contributed by atoms with Crippen LogP contribution >= 0.6 is 0 Å². The van der Waals surface area contributed by atoms with Gasteiger partial charge in [0.05, 0.1) is 17.5 Å².